The highest BCUT2D eigenvalue weighted by molar-refractivity contribution is 8.31. The van der Waals surface area contributed by atoms with Crippen LogP contribution in [0.4, 0.5) is 0 Å². The molecule has 0 fully saturated rings. The molecule has 0 amide bonds. The van der Waals surface area contributed by atoms with E-state index in [9.17, 15) is 0 Å². The molecule has 0 aliphatic rings. The van der Waals surface area contributed by atoms with Crippen LogP contribution in [0.25, 0.3) is 0 Å². The molecule has 3 heteroatoms. The van der Waals surface area contributed by atoms with Gasteiger partial charge in [-0.25, -0.2) is 4.83 Å². The van der Waals surface area contributed by atoms with Crippen LogP contribution >= 0.6 is 10.2 Å². The van der Waals surface area contributed by atoms with Gasteiger partial charge in [0.1, 0.15) is 0 Å². The Bertz CT molecular complexity index is 221. The van der Waals surface area contributed by atoms with Crippen LogP contribution in [-0.2, 0) is 0 Å². The Balaban J connectivity index is 2.93. The van der Waals surface area contributed by atoms with Crippen LogP contribution in [0, 0.1) is 0 Å². The Labute approximate surface area is 69.2 Å². The van der Waals surface area contributed by atoms with Gasteiger partial charge in [-0.15, -0.1) is 0 Å². The molecule has 0 aliphatic carbocycles. The number of hydrazine groups is 1. The summed E-state index contributed by atoms with van der Waals surface area (Å²) in [6.07, 6.45) is 4.25. The fraction of sp³-hybridized carbons (Fsp3) is 0.250. The molecular weight excluding hydrogens is 156 g/mol. The zero-order valence-electron chi connectivity index (χ0n) is 6.87. The predicted molar refractivity (Wildman–Crippen MR) is 51.5 cm³/mol. The van der Waals surface area contributed by atoms with Gasteiger partial charge in [0.25, 0.3) is 0 Å². The van der Waals surface area contributed by atoms with Crippen LogP contribution in [0.15, 0.2) is 35.2 Å². The molecule has 0 radical (unpaired) electrons. The van der Waals surface area contributed by atoms with E-state index in [-0.39, 0.29) is 0 Å². The van der Waals surface area contributed by atoms with Crippen LogP contribution in [0.1, 0.15) is 0 Å². The lowest BCUT2D eigenvalue weighted by Gasteiger charge is -2.30. The van der Waals surface area contributed by atoms with E-state index in [0.29, 0.717) is 0 Å². The number of rotatable bonds is 2. The number of hydrogen-bond donors (Lipinski definition) is 2. The largest absolute Gasteiger partial charge is 0.263 e. The monoisotopic (exact) mass is 170 g/mol. The summed E-state index contributed by atoms with van der Waals surface area (Å²) in [7, 11) is -0.970. The Morgan fingerprint density at radius 2 is 1.73 bits per heavy atom. The first-order valence-electron chi connectivity index (χ1n) is 3.42. The Morgan fingerprint density at radius 3 is 2.18 bits per heavy atom. The van der Waals surface area contributed by atoms with Gasteiger partial charge in [0.15, 0.2) is 0 Å². The second-order valence-corrected chi connectivity index (χ2v) is 6.12. The summed E-state index contributed by atoms with van der Waals surface area (Å²) in [6.45, 7) is 0. The average Bonchev–Trinajstić information content (AvgIpc) is 2.06. The van der Waals surface area contributed by atoms with E-state index >= 15 is 0 Å². The second-order valence-electron chi connectivity index (χ2n) is 2.76. The molecule has 0 atom stereocenters. The van der Waals surface area contributed by atoms with E-state index < -0.39 is 10.2 Å². The molecule has 0 heterocycles. The predicted octanol–water partition coefficient (Wildman–Crippen LogP) is 1.49. The van der Waals surface area contributed by atoms with Crippen LogP contribution in [0.5, 0.6) is 0 Å². The van der Waals surface area contributed by atoms with E-state index in [2.05, 4.69) is 29.5 Å². The molecule has 0 aromatic heterocycles. The lowest BCUT2D eigenvalue weighted by Crippen LogP contribution is -2.25. The molecule has 0 saturated heterocycles. The van der Waals surface area contributed by atoms with Gasteiger partial charge >= 0.3 is 0 Å². The first-order chi connectivity index (χ1) is 5.17. The van der Waals surface area contributed by atoms with Gasteiger partial charge in [-0.2, -0.15) is 10.2 Å². The third-order valence-electron chi connectivity index (χ3n) is 1.63. The molecule has 62 valence electrons. The van der Waals surface area contributed by atoms with Crippen molar-refractivity contribution in [3.05, 3.63) is 30.3 Å². The lowest BCUT2D eigenvalue weighted by molar-refractivity contribution is 1.08. The van der Waals surface area contributed by atoms with Gasteiger partial charge in [-0.3, -0.25) is 5.84 Å². The van der Waals surface area contributed by atoms with E-state index in [1.807, 2.05) is 18.2 Å². The van der Waals surface area contributed by atoms with E-state index in [1.54, 1.807) is 0 Å². The summed E-state index contributed by atoms with van der Waals surface area (Å²) >= 11 is 0. The quantitative estimate of drug-likeness (QED) is 0.521. The van der Waals surface area contributed by atoms with Crippen LogP contribution in [0.2, 0.25) is 0 Å². The van der Waals surface area contributed by atoms with Crippen molar-refractivity contribution in [1.29, 1.82) is 0 Å². The zero-order valence-corrected chi connectivity index (χ0v) is 7.69. The Kier molecular flexibility index (Phi) is 2.54. The molecular formula is C8H14N2S. The molecule has 0 unspecified atom stereocenters. The maximum atomic E-state index is 5.43. The average molecular weight is 170 g/mol. The van der Waals surface area contributed by atoms with Crippen molar-refractivity contribution in [1.82, 2.24) is 4.83 Å². The lowest BCUT2D eigenvalue weighted by atomic mass is 10.4. The number of nitrogens with two attached hydrogens (primary N) is 1. The number of nitrogens with one attached hydrogen (secondary N) is 1. The van der Waals surface area contributed by atoms with Crippen LogP contribution < -0.4 is 10.7 Å². The van der Waals surface area contributed by atoms with Crippen molar-refractivity contribution in [3.63, 3.8) is 0 Å². The summed E-state index contributed by atoms with van der Waals surface area (Å²) < 4.78 is 0. The number of hydrogen-bond acceptors (Lipinski definition) is 2. The maximum Gasteiger partial charge on any atom is 0.00286 e. The van der Waals surface area contributed by atoms with Crippen molar-refractivity contribution in [3.8, 4) is 0 Å². The fourth-order valence-corrected chi connectivity index (χ4v) is 1.80. The third kappa shape index (κ3) is 1.96. The Hall–Kier alpha value is -0.510. The van der Waals surface area contributed by atoms with Gasteiger partial charge in [0.05, 0.1) is 0 Å². The first-order valence-corrected chi connectivity index (χ1v) is 5.87. The second kappa shape index (κ2) is 3.26. The van der Waals surface area contributed by atoms with Gasteiger partial charge < -0.3 is 0 Å². The molecule has 0 aliphatic heterocycles. The van der Waals surface area contributed by atoms with Crippen molar-refractivity contribution in [2.45, 2.75) is 4.90 Å². The maximum absolute atomic E-state index is 5.43. The highest BCUT2D eigenvalue weighted by Crippen LogP contribution is 2.43. The SMILES string of the molecule is CS(C)(NN)c1ccccc1. The van der Waals surface area contributed by atoms with Crippen LogP contribution in [-0.4, -0.2) is 12.5 Å². The molecule has 3 N–H and O–H groups in total. The summed E-state index contributed by atoms with van der Waals surface area (Å²) in [4.78, 5) is 4.12. The smallest absolute Gasteiger partial charge is 0.00286 e. The highest BCUT2D eigenvalue weighted by atomic mass is 32.3. The fourth-order valence-electron chi connectivity index (χ4n) is 0.829. The third-order valence-corrected chi connectivity index (χ3v) is 3.67. The molecule has 1 aromatic rings. The van der Waals surface area contributed by atoms with Crippen molar-refractivity contribution >= 4 is 10.2 Å². The molecule has 1 rings (SSSR count). The first kappa shape index (κ1) is 8.59. The number of benzene rings is 1. The zero-order chi connectivity index (χ0) is 8.32. The molecule has 0 spiro atoms. The molecule has 0 saturated carbocycles. The van der Waals surface area contributed by atoms with Gasteiger partial charge in [0, 0.05) is 4.90 Å². The summed E-state index contributed by atoms with van der Waals surface area (Å²) in [6, 6.07) is 10.3. The molecule has 11 heavy (non-hydrogen) atoms. The van der Waals surface area contributed by atoms with Crippen molar-refractivity contribution in [2.75, 3.05) is 12.5 Å². The van der Waals surface area contributed by atoms with Gasteiger partial charge in [-0.1, -0.05) is 18.2 Å². The molecule has 2 nitrogen and oxygen atoms in total. The minimum absolute atomic E-state index is 0.970. The van der Waals surface area contributed by atoms with Gasteiger partial charge in [-0.05, 0) is 24.6 Å². The highest BCUT2D eigenvalue weighted by Gasteiger charge is 2.10. The topological polar surface area (TPSA) is 38.0 Å². The molecule has 0 bridgehead atoms. The van der Waals surface area contributed by atoms with E-state index in [1.165, 1.54) is 4.90 Å². The Morgan fingerprint density at radius 1 is 1.18 bits per heavy atom. The van der Waals surface area contributed by atoms with Crippen molar-refractivity contribution in [2.24, 2.45) is 5.84 Å². The van der Waals surface area contributed by atoms with Crippen LogP contribution in [0.3, 0.4) is 0 Å². The van der Waals surface area contributed by atoms with E-state index in [4.69, 9.17) is 5.84 Å². The summed E-state index contributed by atoms with van der Waals surface area (Å²) in [5.41, 5.74) is 0. The summed E-state index contributed by atoms with van der Waals surface area (Å²) in [5, 5.41) is 0. The van der Waals surface area contributed by atoms with Gasteiger partial charge in [0.2, 0.25) is 0 Å². The van der Waals surface area contributed by atoms with Crippen molar-refractivity contribution < 1.29 is 0 Å². The summed E-state index contributed by atoms with van der Waals surface area (Å²) in [5.74, 6) is 5.43. The minimum Gasteiger partial charge on any atom is -0.263 e. The minimum atomic E-state index is -0.970. The normalized spacial score (nSPS) is 13.0. The standard InChI is InChI=1S/C8H14N2S/c1-11(2,10-9)8-6-4-3-5-7-8/h3-7,10H,9H2,1-2H3. The molecule has 1 aromatic carbocycles. The van der Waals surface area contributed by atoms with E-state index in [0.717, 1.165) is 0 Å².